The van der Waals surface area contributed by atoms with E-state index in [0.717, 1.165) is 33.1 Å². The SMILES string of the molecule is COc1cc2c(cc1OC)-c1c(c(C(=O)Nc3nnc(C(C)C)s3)nn1-c1ccccc1)C2. The number of rotatable bonds is 6. The first-order chi connectivity index (χ1) is 16.0. The molecule has 1 aliphatic carbocycles. The number of nitrogens with zero attached hydrogens (tertiary/aromatic N) is 4. The lowest BCUT2D eigenvalue weighted by molar-refractivity contribution is 0.102. The first-order valence-electron chi connectivity index (χ1n) is 10.6. The van der Waals surface area contributed by atoms with Gasteiger partial charge >= 0.3 is 0 Å². The number of benzene rings is 2. The summed E-state index contributed by atoms with van der Waals surface area (Å²) >= 11 is 1.38. The van der Waals surface area contributed by atoms with Gasteiger partial charge in [-0.15, -0.1) is 10.2 Å². The van der Waals surface area contributed by atoms with Crippen molar-refractivity contribution < 1.29 is 14.3 Å². The molecule has 0 fully saturated rings. The Hall–Kier alpha value is -3.72. The van der Waals surface area contributed by atoms with Crippen LogP contribution in [0.5, 0.6) is 11.5 Å². The molecule has 5 rings (SSSR count). The van der Waals surface area contributed by atoms with Gasteiger partial charge in [-0.05, 0) is 29.8 Å². The third kappa shape index (κ3) is 3.64. The number of nitrogens with one attached hydrogen (secondary N) is 1. The molecule has 0 aliphatic heterocycles. The first-order valence-corrected chi connectivity index (χ1v) is 11.4. The van der Waals surface area contributed by atoms with Crippen LogP contribution in [-0.2, 0) is 6.42 Å². The van der Waals surface area contributed by atoms with Crippen molar-refractivity contribution in [2.45, 2.75) is 26.2 Å². The maximum atomic E-state index is 13.3. The molecule has 0 spiro atoms. The molecule has 0 unspecified atom stereocenters. The van der Waals surface area contributed by atoms with Crippen LogP contribution in [0.15, 0.2) is 42.5 Å². The molecule has 8 nitrogen and oxygen atoms in total. The van der Waals surface area contributed by atoms with Crippen LogP contribution in [0.1, 0.15) is 46.4 Å². The number of anilines is 1. The van der Waals surface area contributed by atoms with Gasteiger partial charge in [0.05, 0.1) is 25.6 Å². The number of amides is 1. The fourth-order valence-corrected chi connectivity index (χ4v) is 4.73. The van der Waals surface area contributed by atoms with E-state index in [1.807, 2.05) is 61.0 Å². The van der Waals surface area contributed by atoms with Crippen LogP contribution in [0.4, 0.5) is 5.13 Å². The molecule has 2 aromatic carbocycles. The normalized spacial score (nSPS) is 11.9. The number of ether oxygens (including phenoxy) is 2. The second kappa shape index (κ2) is 8.32. The number of hydrogen-bond donors (Lipinski definition) is 1. The molecule has 0 atom stereocenters. The number of hydrogen-bond acceptors (Lipinski definition) is 7. The van der Waals surface area contributed by atoms with Gasteiger partial charge in [0.2, 0.25) is 5.13 Å². The molecule has 168 valence electrons. The van der Waals surface area contributed by atoms with Crippen molar-refractivity contribution in [3.05, 3.63) is 64.3 Å². The second-order valence-corrected chi connectivity index (χ2v) is 9.03. The first kappa shape index (κ1) is 21.1. The maximum absolute atomic E-state index is 13.3. The summed E-state index contributed by atoms with van der Waals surface area (Å²) in [6.07, 6.45) is 0.563. The lowest BCUT2D eigenvalue weighted by Gasteiger charge is -2.12. The molecule has 0 radical (unpaired) electrons. The van der Waals surface area contributed by atoms with Crippen molar-refractivity contribution in [2.24, 2.45) is 0 Å². The summed E-state index contributed by atoms with van der Waals surface area (Å²) in [7, 11) is 3.23. The summed E-state index contributed by atoms with van der Waals surface area (Å²) in [6, 6.07) is 13.7. The highest BCUT2D eigenvalue weighted by molar-refractivity contribution is 7.15. The van der Waals surface area contributed by atoms with Gasteiger partial charge in [-0.25, -0.2) is 4.68 Å². The smallest absolute Gasteiger partial charge is 0.278 e. The monoisotopic (exact) mass is 461 g/mol. The van der Waals surface area contributed by atoms with E-state index >= 15 is 0 Å². The van der Waals surface area contributed by atoms with Gasteiger partial charge in [-0.2, -0.15) is 5.10 Å². The molecule has 0 saturated carbocycles. The predicted octanol–water partition coefficient (Wildman–Crippen LogP) is 4.69. The van der Waals surface area contributed by atoms with Crippen molar-refractivity contribution in [1.82, 2.24) is 20.0 Å². The van der Waals surface area contributed by atoms with Crippen molar-refractivity contribution in [2.75, 3.05) is 19.5 Å². The minimum Gasteiger partial charge on any atom is -0.493 e. The number of carbonyl (C=O) groups is 1. The summed E-state index contributed by atoms with van der Waals surface area (Å²) in [5, 5.41) is 17.2. The molecule has 0 bridgehead atoms. The Labute approximate surface area is 195 Å². The number of carbonyl (C=O) groups excluding carboxylic acids is 1. The topological polar surface area (TPSA) is 91.2 Å². The zero-order chi connectivity index (χ0) is 23.1. The van der Waals surface area contributed by atoms with Gasteiger partial charge in [-0.1, -0.05) is 43.4 Å². The maximum Gasteiger partial charge on any atom is 0.278 e. The van der Waals surface area contributed by atoms with E-state index < -0.39 is 0 Å². The lowest BCUT2D eigenvalue weighted by atomic mass is 10.1. The molecule has 9 heteroatoms. The average Bonchev–Trinajstić information content (AvgIpc) is 3.53. The molecule has 1 N–H and O–H groups in total. The summed E-state index contributed by atoms with van der Waals surface area (Å²) in [5.41, 5.74) is 4.99. The van der Waals surface area contributed by atoms with E-state index in [4.69, 9.17) is 14.6 Å². The fourth-order valence-electron chi connectivity index (χ4n) is 3.99. The summed E-state index contributed by atoms with van der Waals surface area (Å²) in [4.78, 5) is 13.3. The largest absolute Gasteiger partial charge is 0.493 e. The number of fused-ring (bicyclic) bond motifs is 3. The number of aromatic nitrogens is 4. The average molecular weight is 462 g/mol. The number of para-hydroxylation sites is 1. The highest BCUT2D eigenvalue weighted by Gasteiger charge is 2.32. The van der Waals surface area contributed by atoms with Gasteiger partial charge in [0.25, 0.3) is 5.91 Å². The molecular formula is C24H23N5O3S. The molecule has 2 aromatic heterocycles. The van der Waals surface area contributed by atoms with Crippen molar-refractivity contribution in [1.29, 1.82) is 0 Å². The van der Waals surface area contributed by atoms with Crippen LogP contribution in [0.2, 0.25) is 0 Å². The Kier molecular flexibility index (Phi) is 5.33. The second-order valence-electron chi connectivity index (χ2n) is 8.02. The van der Waals surface area contributed by atoms with Crippen molar-refractivity contribution in [3.8, 4) is 28.4 Å². The Morgan fingerprint density at radius 2 is 1.82 bits per heavy atom. The minimum atomic E-state index is -0.306. The van der Waals surface area contributed by atoms with Crippen molar-refractivity contribution >= 4 is 22.4 Å². The minimum absolute atomic E-state index is 0.245. The Balaban J connectivity index is 1.61. The van der Waals surface area contributed by atoms with E-state index in [0.29, 0.717) is 28.7 Å². The summed E-state index contributed by atoms with van der Waals surface area (Å²) < 4.78 is 12.8. The predicted molar refractivity (Wildman–Crippen MR) is 127 cm³/mol. The quantitative estimate of drug-likeness (QED) is 0.395. The molecule has 1 amide bonds. The Bertz CT molecular complexity index is 1340. The Morgan fingerprint density at radius 1 is 1.09 bits per heavy atom. The fraction of sp³-hybridized carbons (Fsp3) is 0.250. The van der Waals surface area contributed by atoms with Crippen LogP contribution in [0, 0.1) is 0 Å². The van der Waals surface area contributed by atoms with Crippen LogP contribution in [0.3, 0.4) is 0 Å². The van der Waals surface area contributed by atoms with Crippen LogP contribution < -0.4 is 14.8 Å². The van der Waals surface area contributed by atoms with Crippen LogP contribution in [-0.4, -0.2) is 40.1 Å². The van der Waals surface area contributed by atoms with Gasteiger partial charge in [0.1, 0.15) is 5.01 Å². The van der Waals surface area contributed by atoms with E-state index in [2.05, 4.69) is 15.5 Å². The van der Waals surface area contributed by atoms with E-state index in [1.54, 1.807) is 14.2 Å². The standard InChI is InChI=1S/C24H23N5O3S/c1-13(2)23-26-27-24(33-23)25-22(30)20-17-10-14-11-18(31-3)19(32-4)12-16(14)21(17)29(28-20)15-8-6-5-7-9-15/h5-9,11-13H,10H2,1-4H3,(H,25,27,30). The Morgan fingerprint density at radius 3 is 2.48 bits per heavy atom. The van der Waals surface area contributed by atoms with Gasteiger partial charge in [0, 0.05) is 23.5 Å². The van der Waals surface area contributed by atoms with Gasteiger partial charge in [0.15, 0.2) is 17.2 Å². The van der Waals surface area contributed by atoms with E-state index in [9.17, 15) is 4.79 Å². The molecule has 2 heterocycles. The van der Waals surface area contributed by atoms with E-state index in [-0.39, 0.29) is 11.8 Å². The molecule has 4 aromatic rings. The molecule has 1 aliphatic rings. The van der Waals surface area contributed by atoms with Gasteiger partial charge < -0.3 is 9.47 Å². The highest BCUT2D eigenvalue weighted by atomic mass is 32.1. The zero-order valence-corrected chi connectivity index (χ0v) is 19.6. The summed E-state index contributed by atoms with van der Waals surface area (Å²) in [5.74, 6) is 1.22. The van der Waals surface area contributed by atoms with Gasteiger partial charge in [-0.3, -0.25) is 10.1 Å². The van der Waals surface area contributed by atoms with Crippen molar-refractivity contribution in [3.63, 3.8) is 0 Å². The highest BCUT2D eigenvalue weighted by Crippen LogP contribution is 2.44. The lowest BCUT2D eigenvalue weighted by Crippen LogP contribution is -2.15. The van der Waals surface area contributed by atoms with Crippen LogP contribution >= 0.6 is 11.3 Å². The summed E-state index contributed by atoms with van der Waals surface area (Å²) in [6.45, 7) is 4.08. The van der Waals surface area contributed by atoms with Crippen LogP contribution in [0.25, 0.3) is 16.9 Å². The van der Waals surface area contributed by atoms with E-state index in [1.165, 1.54) is 11.3 Å². The third-order valence-corrected chi connectivity index (χ3v) is 6.73. The zero-order valence-electron chi connectivity index (χ0n) is 18.7. The number of methoxy groups -OCH3 is 2. The third-order valence-electron chi connectivity index (χ3n) is 5.59. The molecule has 33 heavy (non-hydrogen) atoms. The molecular weight excluding hydrogens is 438 g/mol. The molecule has 0 saturated heterocycles.